The molecule has 1 atom stereocenters. The van der Waals surface area contributed by atoms with Crippen LogP contribution in [0.25, 0.3) is 0 Å². The van der Waals surface area contributed by atoms with Crippen molar-refractivity contribution in [1.29, 1.82) is 0 Å². The molecule has 0 radical (unpaired) electrons. The third-order valence-corrected chi connectivity index (χ3v) is 4.11. The molecule has 0 aromatic heterocycles. The minimum absolute atomic E-state index is 0.111. The van der Waals surface area contributed by atoms with Crippen molar-refractivity contribution < 1.29 is 32.2 Å². The highest BCUT2D eigenvalue weighted by Crippen LogP contribution is 2.20. The van der Waals surface area contributed by atoms with Crippen molar-refractivity contribution in [3.63, 3.8) is 0 Å². The number of halogens is 3. The molecule has 2 rings (SSSR count). The van der Waals surface area contributed by atoms with Crippen LogP contribution in [-0.2, 0) is 16.1 Å². The van der Waals surface area contributed by atoms with Gasteiger partial charge in [-0.1, -0.05) is 12.1 Å². The van der Waals surface area contributed by atoms with Gasteiger partial charge in [0.15, 0.2) is 6.61 Å². The third kappa shape index (κ3) is 6.99. The van der Waals surface area contributed by atoms with E-state index in [1.165, 1.54) is 17.0 Å². The first kappa shape index (κ1) is 20.9. The van der Waals surface area contributed by atoms with E-state index >= 15 is 0 Å². The highest BCUT2D eigenvalue weighted by molar-refractivity contribution is 5.80. The lowest BCUT2D eigenvalue weighted by molar-refractivity contribution is -0.153. The standard InChI is InChI=1S/C18H23F3N2O4/c1-2-26-17(25)23-9-3-4-14(11-23)16(24)22-10-13-5-7-15(8-6-13)27-12-18(19,20)21/h5-8,14H,2-4,9-12H2,1H3,(H,22,24). The molecular formula is C18H23F3N2O4. The Morgan fingerprint density at radius 3 is 2.59 bits per heavy atom. The summed E-state index contributed by atoms with van der Waals surface area (Å²) in [6, 6.07) is 6.04. The van der Waals surface area contributed by atoms with Crippen LogP contribution in [0.4, 0.5) is 18.0 Å². The van der Waals surface area contributed by atoms with Crippen molar-refractivity contribution in [2.45, 2.75) is 32.5 Å². The van der Waals surface area contributed by atoms with Gasteiger partial charge >= 0.3 is 12.3 Å². The van der Waals surface area contributed by atoms with Crippen LogP contribution >= 0.6 is 0 Å². The number of ether oxygens (including phenoxy) is 2. The van der Waals surface area contributed by atoms with E-state index in [1.807, 2.05) is 0 Å². The Balaban J connectivity index is 1.80. The molecule has 0 saturated carbocycles. The first-order chi connectivity index (χ1) is 12.8. The van der Waals surface area contributed by atoms with Crippen LogP contribution in [0.3, 0.4) is 0 Å². The molecule has 1 aromatic carbocycles. The Morgan fingerprint density at radius 1 is 1.26 bits per heavy atom. The maximum atomic E-state index is 12.3. The Kier molecular flexibility index (Phi) is 7.32. The fraction of sp³-hybridized carbons (Fsp3) is 0.556. The van der Waals surface area contributed by atoms with Gasteiger partial charge in [-0.25, -0.2) is 4.79 Å². The summed E-state index contributed by atoms with van der Waals surface area (Å²) in [4.78, 5) is 25.7. The predicted octanol–water partition coefficient (Wildman–Crippen LogP) is 3.11. The van der Waals surface area contributed by atoms with Crippen LogP contribution < -0.4 is 10.1 Å². The normalized spacial score (nSPS) is 17.3. The van der Waals surface area contributed by atoms with Crippen LogP contribution in [0.1, 0.15) is 25.3 Å². The van der Waals surface area contributed by atoms with Crippen molar-refractivity contribution in [2.75, 3.05) is 26.3 Å². The van der Waals surface area contributed by atoms with Crippen LogP contribution in [0.15, 0.2) is 24.3 Å². The lowest BCUT2D eigenvalue weighted by Gasteiger charge is -2.31. The summed E-state index contributed by atoms with van der Waals surface area (Å²) in [6.07, 6.45) is -3.39. The summed E-state index contributed by atoms with van der Waals surface area (Å²) in [7, 11) is 0. The van der Waals surface area contributed by atoms with Gasteiger partial charge in [-0.2, -0.15) is 13.2 Å². The number of piperidine rings is 1. The summed E-state index contributed by atoms with van der Waals surface area (Å²) < 4.78 is 46.0. The zero-order valence-electron chi connectivity index (χ0n) is 15.1. The molecule has 1 aromatic rings. The first-order valence-electron chi connectivity index (χ1n) is 8.76. The second-order valence-electron chi connectivity index (χ2n) is 6.25. The lowest BCUT2D eigenvalue weighted by Crippen LogP contribution is -2.45. The fourth-order valence-electron chi connectivity index (χ4n) is 2.77. The second kappa shape index (κ2) is 9.48. The number of likely N-dealkylation sites (tertiary alicyclic amines) is 1. The molecule has 1 aliphatic rings. The molecule has 6 nitrogen and oxygen atoms in total. The number of carbonyl (C=O) groups excluding carboxylic acids is 2. The number of amides is 2. The van der Waals surface area contributed by atoms with Gasteiger partial charge in [-0.3, -0.25) is 4.79 Å². The highest BCUT2D eigenvalue weighted by atomic mass is 19.4. The molecule has 1 N–H and O–H groups in total. The Labute approximate surface area is 155 Å². The quantitative estimate of drug-likeness (QED) is 0.813. The zero-order chi connectivity index (χ0) is 19.9. The number of hydrogen-bond acceptors (Lipinski definition) is 4. The number of nitrogens with one attached hydrogen (secondary N) is 1. The van der Waals surface area contributed by atoms with E-state index in [0.29, 0.717) is 19.5 Å². The maximum Gasteiger partial charge on any atom is 0.422 e. The number of nitrogens with zero attached hydrogens (tertiary/aromatic N) is 1. The fourth-order valence-corrected chi connectivity index (χ4v) is 2.77. The monoisotopic (exact) mass is 388 g/mol. The Morgan fingerprint density at radius 2 is 1.96 bits per heavy atom. The van der Waals surface area contributed by atoms with E-state index in [-0.39, 0.29) is 30.7 Å². The largest absolute Gasteiger partial charge is 0.484 e. The highest BCUT2D eigenvalue weighted by Gasteiger charge is 2.29. The number of rotatable bonds is 6. The third-order valence-electron chi connectivity index (χ3n) is 4.11. The van der Waals surface area contributed by atoms with E-state index in [1.54, 1.807) is 19.1 Å². The van der Waals surface area contributed by atoms with E-state index in [0.717, 1.165) is 12.0 Å². The molecule has 2 amide bonds. The number of carbonyl (C=O) groups is 2. The molecule has 1 saturated heterocycles. The predicted molar refractivity (Wildman–Crippen MR) is 91.2 cm³/mol. The first-order valence-corrected chi connectivity index (χ1v) is 8.76. The van der Waals surface area contributed by atoms with E-state index in [9.17, 15) is 22.8 Å². The maximum absolute atomic E-state index is 12.3. The van der Waals surface area contributed by atoms with Gasteiger partial charge in [0.2, 0.25) is 5.91 Å². The van der Waals surface area contributed by atoms with Gasteiger partial charge < -0.3 is 19.7 Å². The van der Waals surface area contributed by atoms with E-state index in [4.69, 9.17) is 4.74 Å². The lowest BCUT2D eigenvalue weighted by atomic mass is 9.97. The summed E-state index contributed by atoms with van der Waals surface area (Å²) in [5, 5.41) is 2.80. The van der Waals surface area contributed by atoms with Gasteiger partial charge in [-0.05, 0) is 37.5 Å². The molecule has 1 fully saturated rings. The van der Waals surface area contributed by atoms with Gasteiger partial charge in [0, 0.05) is 19.6 Å². The average molecular weight is 388 g/mol. The molecule has 0 spiro atoms. The van der Waals surface area contributed by atoms with Crippen LogP contribution in [0.5, 0.6) is 5.75 Å². The smallest absolute Gasteiger partial charge is 0.422 e. The molecule has 1 aliphatic heterocycles. The Hall–Kier alpha value is -2.45. The molecule has 150 valence electrons. The minimum atomic E-state index is -4.38. The van der Waals surface area contributed by atoms with Crippen LogP contribution in [0, 0.1) is 5.92 Å². The zero-order valence-corrected chi connectivity index (χ0v) is 15.1. The van der Waals surface area contributed by atoms with Crippen molar-refractivity contribution in [3.05, 3.63) is 29.8 Å². The van der Waals surface area contributed by atoms with Crippen LogP contribution in [0.2, 0.25) is 0 Å². The molecule has 1 heterocycles. The number of hydrogen-bond donors (Lipinski definition) is 1. The molecule has 0 aliphatic carbocycles. The molecule has 0 bridgehead atoms. The minimum Gasteiger partial charge on any atom is -0.484 e. The molecular weight excluding hydrogens is 365 g/mol. The molecule has 1 unspecified atom stereocenters. The number of benzene rings is 1. The topological polar surface area (TPSA) is 67.9 Å². The SMILES string of the molecule is CCOC(=O)N1CCCC(C(=O)NCc2ccc(OCC(F)(F)F)cc2)C1. The van der Waals surface area contributed by atoms with Gasteiger partial charge in [-0.15, -0.1) is 0 Å². The molecule has 9 heteroatoms. The van der Waals surface area contributed by atoms with Gasteiger partial charge in [0.05, 0.1) is 12.5 Å². The number of alkyl halides is 3. The summed E-state index contributed by atoms with van der Waals surface area (Å²) in [5.41, 5.74) is 0.737. The summed E-state index contributed by atoms with van der Waals surface area (Å²) in [5.74, 6) is -0.362. The average Bonchev–Trinajstić information content (AvgIpc) is 2.65. The van der Waals surface area contributed by atoms with E-state index < -0.39 is 18.9 Å². The van der Waals surface area contributed by atoms with Crippen molar-refractivity contribution in [1.82, 2.24) is 10.2 Å². The van der Waals surface area contributed by atoms with Crippen molar-refractivity contribution in [2.24, 2.45) is 5.92 Å². The summed E-state index contributed by atoms with van der Waals surface area (Å²) >= 11 is 0. The Bertz CT molecular complexity index is 634. The van der Waals surface area contributed by atoms with Crippen LogP contribution in [-0.4, -0.2) is 49.4 Å². The summed E-state index contributed by atoms with van der Waals surface area (Å²) in [6.45, 7) is 1.80. The van der Waals surface area contributed by atoms with Crippen molar-refractivity contribution >= 4 is 12.0 Å². The van der Waals surface area contributed by atoms with Crippen molar-refractivity contribution in [3.8, 4) is 5.75 Å². The van der Waals surface area contributed by atoms with E-state index in [2.05, 4.69) is 10.1 Å². The van der Waals surface area contributed by atoms with Gasteiger partial charge in [0.1, 0.15) is 5.75 Å². The van der Waals surface area contributed by atoms with Gasteiger partial charge in [0.25, 0.3) is 0 Å². The second-order valence-corrected chi connectivity index (χ2v) is 6.25. The molecule has 27 heavy (non-hydrogen) atoms.